The molecule has 4 nitrogen and oxygen atoms in total. The third-order valence-electron chi connectivity index (χ3n) is 4.57. The monoisotopic (exact) mass is 372 g/mol. The molecule has 0 spiro atoms. The van der Waals surface area contributed by atoms with Gasteiger partial charge in [0.05, 0.1) is 12.1 Å². The van der Waals surface area contributed by atoms with Crippen molar-refractivity contribution in [2.24, 2.45) is 5.92 Å². The first-order chi connectivity index (χ1) is 12.5. The topological polar surface area (TPSA) is 42.4 Å². The van der Waals surface area contributed by atoms with Crippen molar-refractivity contribution < 1.29 is 9.53 Å². The molecule has 1 fully saturated rings. The van der Waals surface area contributed by atoms with E-state index >= 15 is 0 Å². The van der Waals surface area contributed by atoms with E-state index in [2.05, 4.69) is 30.7 Å². The standard InChI is InChI=1S/C21H28N2O2S/c1-15(2)10-11-23(18-6-7-18)21(24)12-17-14-26-20(22-17)13-25-19-8-4-16(3)5-9-19/h4-5,8-9,14-15,18H,6-7,10-13H2,1-3H3. The Hall–Kier alpha value is -1.88. The molecule has 1 amide bonds. The van der Waals surface area contributed by atoms with Crippen LogP contribution in [0.5, 0.6) is 5.75 Å². The normalized spacial score (nSPS) is 13.8. The van der Waals surface area contributed by atoms with Gasteiger partial charge in [-0.15, -0.1) is 11.3 Å². The summed E-state index contributed by atoms with van der Waals surface area (Å²) < 4.78 is 5.78. The average Bonchev–Trinajstić information content (AvgIpc) is 3.34. The molecule has 0 bridgehead atoms. The Balaban J connectivity index is 1.51. The van der Waals surface area contributed by atoms with Crippen LogP contribution in [0.4, 0.5) is 0 Å². The van der Waals surface area contributed by atoms with Gasteiger partial charge in [-0.25, -0.2) is 4.98 Å². The number of benzene rings is 1. The number of nitrogens with zero attached hydrogens (tertiary/aromatic N) is 2. The molecule has 1 saturated carbocycles. The lowest BCUT2D eigenvalue weighted by molar-refractivity contribution is -0.131. The lowest BCUT2D eigenvalue weighted by atomic mass is 10.1. The largest absolute Gasteiger partial charge is 0.486 e. The summed E-state index contributed by atoms with van der Waals surface area (Å²) in [7, 11) is 0. The van der Waals surface area contributed by atoms with Gasteiger partial charge >= 0.3 is 0 Å². The first-order valence-electron chi connectivity index (χ1n) is 9.43. The van der Waals surface area contributed by atoms with Crippen LogP contribution in [0.3, 0.4) is 0 Å². The number of thiazole rings is 1. The predicted molar refractivity (Wildman–Crippen MR) is 106 cm³/mol. The van der Waals surface area contributed by atoms with Crippen molar-refractivity contribution in [3.63, 3.8) is 0 Å². The quantitative estimate of drug-likeness (QED) is 0.645. The molecule has 5 heteroatoms. The minimum absolute atomic E-state index is 0.212. The Morgan fingerprint density at radius 1 is 1.31 bits per heavy atom. The van der Waals surface area contributed by atoms with Crippen LogP contribution < -0.4 is 4.74 Å². The molecule has 1 aromatic heterocycles. The highest BCUT2D eigenvalue weighted by Gasteiger charge is 2.32. The number of aryl methyl sites for hydroxylation is 1. The van der Waals surface area contributed by atoms with Crippen LogP contribution in [0.2, 0.25) is 0 Å². The van der Waals surface area contributed by atoms with Crippen LogP contribution in [-0.4, -0.2) is 28.4 Å². The molecule has 1 heterocycles. The van der Waals surface area contributed by atoms with Gasteiger partial charge in [-0.1, -0.05) is 31.5 Å². The summed E-state index contributed by atoms with van der Waals surface area (Å²) in [6.07, 6.45) is 3.76. The SMILES string of the molecule is Cc1ccc(OCc2nc(CC(=O)N(CCC(C)C)C3CC3)cs2)cc1. The van der Waals surface area contributed by atoms with Crippen molar-refractivity contribution in [3.8, 4) is 5.75 Å². The Morgan fingerprint density at radius 3 is 2.69 bits per heavy atom. The highest BCUT2D eigenvalue weighted by Crippen LogP contribution is 2.28. The van der Waals surface area contributed by atoms with Crippen molar-refractivity contribution in [1.29, 1.82) is 0 Å². The Morgan fingerprint density at radius 2 is 2.04 bits per heavy atom. The van der Waals surface area contributed by atoms with E-state index in [1.54, 1.807) is 11.3 Å². The van der Waals surface area contributed by atoms with Crippen LogP contribution in [0.1, 0.15) is 49.4 Å². The highest BCUT2D eigenvalue weighted by atomic mass is 32.1. The summed E-state index contributed by atoms with van der Waals surface area (Å²) in [5.74, 6) is 1.68. The smallest absolute Gasteiger partial charge is 0.228 e. The van der Waals surface area contributed by atoms with E-state index in [-0.39, 0.29) is 5.91 Å². The van der Waals surface area contributed by atoms with E-state index < -0.39 is 0 Å². The molecule has 0 saturated heterocycles. The van der Waals surface area contributed by atoms with E-state index in [0.29, 0.717) is 25.0 Å². The zero-order chi connectivity index (χ0) is 18.5. The summed E-state index contributed by atoms with van der Waals surface area (Å²) in [5.41, 5.74) is 2.07. The van der Waals surface area contributed by atoms with Crippen molar-refractivity contribution in [2.75, 3.05) is 6.54 Å². The summed E-state index contributed by atoms with van der Waals surface area (Å²) in [6, 6.07) is 8.46. The van der Waals surface area contributed by atoms with Crippen LogP contribution in [-0.2, 0) is 17.8 Å². The summed E-state index contributed by atoms with van der Waals surface area (Å²) >= 11 is 1.56. The molecule has 1 aromatic carbocycles. The zero-order valence-electron chi connectivity index (χ0n) is 15.9. The lowest BCUT2D eigenvalue weighted by Crippen LogP contribution is -2.35. The summed E-state index contributed by atoms with van der Waals surface area (Å²) in [6.45, 7) is 7.78. The van der Waals surface area contributed by atoms with Gasteiger partial charge in [0.2, 0.25) is 5.91 Å². The summed E-state index contributed by atoms with van der Waals surface area (Å²) in [5, 5.41) is 2.90. The predicted octanol–water partition coefficient (Wildman–Crippen LogP) is 4.61. The van der Waals surface area contributed by atoms with E-state index in [1.807, 2.05) is 29.6 Å². The van der Waals surface area contributed by atoms with Gasteiger partial charge in [0.1, 0.15) is 17.4 Å². The number of hydrogen-bond acceptors (Lipinski definition) is 4. The fraction of sp³-hybridized carbons (Fsp3) is 0.524. The molecular weight excluding hydrogens is 344 g/mol. The molecule has 0 unspecified atom stereocenters. The molecule has 1 aliphatic rings. The minimum Gasteiger partial charge on any atom is -0.486 e. The number of aromatic nitrogens is 1. The fourth-order valence-corrected chi connectivity index (χ4v) is 3.53. The molecule has 3 rings (SSSR count). The molecular formula is C21H28N2O2S. The highest BCUT2D eigenvalue weighted by molar-refractivity contribution is 7.09. The van der Waals surface area contributed by atoms with Crippen molar-refractivity contribution >= 4 is 17.2 Å². The molecule has 0 radical (unpaired) electrons. The second-order valence-electron chi connectivity index (χ2n) is 7.51. The molecule has 0 atom stereocenters. The third kappa shape index (κ3) is 5.56. The van der Waals surface area contributed by atoms with Gasteiger partial charge < -0.3 is 9.64 Å². The van der Waals surface area contributed by atoms with Gasteiger partial charge in [-0.2, -0.15) is 0 Å². The van der Waals surface area contributed by atoms with Crippen LogP contribution in [0.25, 0.3) is 0 Å². The first kappa shape index (κ1) is 18.9. The van der Waals surface area contributed by atoms with Gasteiger partial charge in [0.25, 0.3) is 0 Å². The molecule has 0 N–H and O–H groups in total. The van der Waals surface area contributed by atoms with Crippen LogP contribution in [0.15, 0.2) is 29.6 Å². The summed E-state index contributed by atoms with van der Waals surface area (Å²) in [4.78, 5) is 19.3. The fourth-order valence-electron chi connectivity index (χ4n) is 2.83. The Bertz CT molecular complexity index is 720. The number of ether oxygens (including phenoxy) is 1. The molecule has 2 aromatic rings. The maximum Gasteiger partial charge on any atom is 0.228 e. The Kier molecular flexibility index (Phi) is 6.30. The second-order valence-corrected chi connectivity index (χ2v) is 8.45. The van der Waals surface area contributed by atoms with Crippen molar-refractivity contribution in [2.45, 2.75) is 59.1 Å². The second kappa shape index (κ2) is 8.67. The number of carbonyl (C=O) groups excluding carboxylic acids is 1. The zero-order valence-corrected chi connectivity index (χ0v) is 16.7. The number of amides is 1. The first-order valence-corrected chi connectivity index (χ1v) is 10.3. The molecule has 1 aliphatic carbocycles. The Labute approximate surface area is 160 Å². The van der Waals surface area contributed by atoms with Crippen LogP contribution >= 0.6 is 11.3 Å². The van der Waals surface area contributed by atoms with Crippen LogP contribution in [0, 0.1) is 12.8 Å². The average molecular weight is 373 g/mol. The third-order valence-corrected chi connectivity index (χ3v) is 5.44. The molecule has 0 aliphatic heterocycles. The lowest BCUT2D eigenvalue weighted by Gasteiger charge is -2.23. The van der Waals surface area contributed by atoms with Gasteiger partial charge in [0.15, 0.2) is 0 Å². The van der Waals surface area contributed by atoms with E-state index in [9.17, 15) is 4.79 Å². The molecule has 26 heavy (non-hydrogen) atoms. The van der Waals surface area contributed by atoms with Crippen molar-refractivity contribution in [3.05, 3.63) is 45.9 Å². The van der Waals surface area contributed by atoms with E-state index in [0.717, 1.165) is 42.3 Å². The van der Waals surface area contributed by atoms with Gasteiger partial charge in [0, 0.05) is 18.0 Å². The van der Waals surface area contributed by atoms with E-state index in [4.69, 9.17) is 4.74 Å². The number of rotatable bonds is 9. The minimum atomic E-state index is 0.212. The number of hydrogen-bond donors (Lipinski definition) is 0. The maximum atomic E-state index is 12.7. The van der Waals surface area contributed by atoms with Crippen molar-refractivity contribution in [1.82, 2.24) is 9.88 Å². The van der Waals surface area contributed by atoms with E-state index in [1.165, 1.54) is 5.56 Å². The van der Waals surface area contributed by atoms with Gasteiger partial charge in [-0.3, -0.25) is 4.79 Å². The maximum absolute atomic E-state index is 12.7. The van der Waals surface area contributed by atoms with Gasteiger partial charge in [-0.05, 0) is 44.2 Å². The molecule has 140 valence electrons. The number of carbonyl (C=O) groups is 1.